The molecule has 5 nitrogen and oxygen atoms in total. The Balaban J connectivity index is 1.55. The average molecular weight is 365 g/mol. The van der Waals surface area contributed by atoms with Crippen molar-refractivity contribution < 1.29 is 9.59 Å². The van der Waals surface area contributed by atoms with Gasteiger partial charge in [-0.3, -0.25) is 14.5 Å². The Morgan fingerprint density at radius 3 is 2.48 bits per heavy atom. The maximum atomic E-state index is 12.5. The first kappa shape index (κ1) is 19.1. The van der Waals surface area contributed by atoms with Crippen LogP contribution in [-0.2, 0) is 11.3 Å². The maximum absolute atomic E-state index is 12.5. The van der Waals surface area contributed by atoms with Gasteiger partial charge in [0, 0.05) is 30.3 Å². The summed E-state index contributed by atoms with van der Waals surface area (Å²) in [6.07, 6.45) is 1.78. The molecule has 1 saturated heterocycles. The lowest BCUT2D eigenvalue weighted by Gasteiger charge is -2.31. The van der Waals surface area contributed by atoms with Crippen molar-refractivity contribution in [2.24, 2.45) is 5.92 Å². The van der Waals surface area contributed by atoms with Crippen LogP contribution < -0.4 is 10.6 Å². The highest BCUT2D eigenvalue weighted by atomic mass is 16.2. The molecule has 1 heterocycles. The summed E-state index contributed by atoms with van der Waals surface area (Å²) < 4.78 is 0. The summed E-state index contributed by atoms with van der Waals surface area (Å²) in [5, 5.41) is 5.84. The molecule has 2 aromatic carbocycles. The second-order valence-corrected chi connectivity index (χ2v) is 6.97. The average Bonchev–Trinajstić information content (AvgIpc) is 2.70. The number of anilines is 1. The zero-order valence-corrected chi connectivity index (χ0v) is 15.8. The maximum Gasteiger partial charge on any atom is 0.255 e. The van der Waals surface area contributed by atoms with Crippen LogP contribution >= 0.6 is 0 Å². The van der Waals surface area contributed by atoms with Gasteiger partial charge in [0.15, 0.2) is 0 Å². The smallest absolute Gasteiger partial charge is 0.255 e. The Hall–Kier alpha value is -2.66. The van der Waals surface area contributed by atoms with Gasteiger partial charge < -0.3 is 10.6 Å². The molecule has 0 saturated carbocycles. The minimum absolute atomic E-state index is 0.0991. The second kappa shape index (κ2) is 9.33. The fourth-order valence-corrected chi connectivity index (χ4v) is 3.47. The number of carbonyl (C=O) groups excluding carboxylic acids is 2. The van der Waals surface area contributed by atoms with E-state index in [1.807, 2.05) is 55.5 Å². The lowest BCUT2D eigenvalue weighted by molar-refractivity contribution is -0.126. The van der Waals surface area contributed by atoms with Gasteiger partial charge in [-0.05, 0) is 62.7 Å². The minimum Gasteiger partial charge on any atom is -0.356 e. The number of amides is 2. The van der Waals surface area contributed by atoms with Crippen LogP contribution in [0.3, 0.4) is 0 Å². The van der Waals surface area contributed by atoms with Crippen LogP contribution in [0.4, 0.5) is 5.69 Å². The minimum atomic E-state index is -0.0991. The number of nitrogens with one attached hydrogen (secondary N) is 2. The summed E-state index contributed by atoms with van der Waals surface area (Å²) in [7, 11) is 0. The molecule has 0 spiro atoms. The molecule has 1 aliphatic heterocycles. The molecule has 0 aromatic heterocycles. The Bertz CT molecular complexity index is 768. The van der Waals surface area contributed by atoms with Crippen LogP contribution in [0.15, 0.2) is 54.6 Å². The van der Waals surface area contributed by atoms with Crippen LogP contribution in [-0.4, -0.2) is 36.3 Å². The molecule has 27 heavy (non-hydrogen) atoms. The SMILES string of the molecule is CCNC(=O)C1CCN(Cc2cccc(C(=O)Nc3ccccc3)c2)CC1. The van der Waals surface area contributed by atoms with E-state index >= 15 is 0 Å². The monoisotopic (exact) mass is 365 g/mol. The van der Waals surface area contributed by atoms with Gasteiger partial charge in [0.05, 0.1) is 0 Å². The Morgan fingerprint density at radius 1 is 1.04 bits per heavy atom. The molecule has 142 valence electrons. The predicted octanol–water partition coefficient (Wildman–Crippen LogP) is 3.29. The third-order valence-corrected chi connectivity index (χ3v) is 4.94. The van der Waals surface area contributed by atoms with Crippen LogP contribution in [0.5, 0.6) is 0 Å². The quantitative estimate of drug-likeness (QED) is 0.826. The van der Waals surface area contributed by atoms with Gasteiger partial charge in [0.2, 0.25) is 5.91 Å². The second-order valence-electron chi connectivity index (χ2n) is 6.97. The number of para-hydroxylation sites is 1. The number of piperidine rings is 1. The largest absolute Gasteiger partial charge is 0.356 e. The summed E-state index contributed by atoms with van der Waals surface area (Å²) >= 11 is 0. The highest BCUT2D eigenvalue weighted by Gasteiger charge is 2.24. The molecule has 2 N–H and O–H groups in total. The summed E-state index contributed by atoms with van der Waals surface area (Å²) in [4.78, 5) is 26.8. The van der Waals surface area contributed by atoms with Gasteiger partial charge in [-0.15, -0.1) is 0 Å². The van der Waals surface area contributed by atoms with Crippen LogP contribution in [0.2, 0.25) is 0 Å². The van der Waals surface area contributed by atoms with Crippen LogP contribution in [0.25, 0.3) is 0 Å². The summed E-state index contributed by atoms with van der Waals surface area (Å²) in [5.74, 6) is 0.207. The molecule has 2 amide bonds. The van der Waals surface area contributed by atoms with E-state index in [-0.39, 0.29) is 17.7 Å². The molecule has 3 rings (SSSR count). The number of hydrogen-bond acceptors (Lipinski definition) is 3. The van der Waals surface area contributed by atoms with Gasteiger partial charge in [-0.1, -0.05) is 30.3 Å². The van der Waals surface area contributed by atoms with Gasteiger partial charge >= 0.3 is 0 Å². The Kier molecular flexibility index (Phi) is 6.60. The van der Waals surface area contributed by atoms with Gasteiger partial charge in [0.25, 0.3) is 5.91 Å². The zero-order chi connectivity index (χ0) is 19.1. The summed E-state index contributed by atoms with van der Waals surface area (Å²) in [5.41, 5.74) is 2.57. The first-order chi connectivity index (χ1) is 13.2. The summed E-state index contributed by atoms with van der Waals surface area (Å²) in [6, 6.07) is 17.2. The molecule has 0 atom stereocenters. The van der Waals surface area contributed by atoms with Crippen molar-refractivity contribution in [3.05, 3.63) is 65.7 Å². The summed E-state index contributed by atoms with van der Waals surface area (Å²) in [6.45, 7) is 5.25. The number of nitrogens with zero attached hydrogens (tertiary/aromatic N) is 1. The van der Waals surface area contributed by atoms with Crippen LogP contribution in [0, 0.1) is 5.92 Å². The van der Waals surface area contributed by atoms with Gasteiger partial charge in [0.1, 0.15) is 0 Å². The Morgan fingerprint density at radius 2 is 1.78 bits per heavy atom. The number of carbonyl (C=O) groups is 2. The van der Waals surface area contributed by atoms with E-state index in [4.69, 9.17) is 0 Å². The van der Waals surface area contributed by atoms with E-state index in [0.29, 0.717) is 12.1 Å². The van der Waals surface area contributed by atoms with Crippen molar-refractivity contribution in [2.75, 3.05) is 25.0 Å². The van der Waals surface area contributed by atoms with E-state index in [9.17, 15) is 9.59 Å². The standard InChI is InChI=1S/C22H27N3O2/c1-2-23-21(26)18-11-13-25(14-12-18)16-17-7-6-8-19(15-17)22(27)24-20-9-4-3-5-10-20/h3-10,15,18H,2,11-14,16H2,1H3,(H,23,26)(H,24,27). The molecular weight excluding hydrogens is 338 g/mol. The topological polar surface area (TPSA) is 61.4 Å². The van der Waals surface area contributed by atoms with Crippen molar-refractivity contribution in [3.63, 3.8) is 0 Å². The molecule has 2 aromatic rings. The molecule has 0 radical (unpaired) electrons. The van der Waals surface area contributed by atoms with Gasteiger partial charge in [-0.2, -0.15) is 0 Å². The predicted molar refractivity (Wildman–Crippen MR) is 108 cm³/mol. The first-order valence-electron chi connectivity index (χ1n) is 9.61. The number of likely N-dealkylation sites (tertiary alicyclic amines) is 1. The van der Waals surface area contributed by atoms with Crippen molar-refractivity contribution in [2.45, 2.75) is 26.3 Å². The highest BCUT2D eigenvalue weighted by Crippen LogP contribution is 2.20. The lowest BCUT2D eigenvalue weighted by atomic mass is 9.95. The third kappa shape index (κ3) is 5.41. The molecule has 0 aliphatic carbocycles. The Labute approximate surface area is 160 Å². The number of rotatable bonds is 6. The lowest BCUT2D eigenvalue weighted by Crippen LogP contribution is -2.40. The van der Waals surface area contributed by atoms with Crippen molar-refractivity contribution in [1.82, 2.24) is 10.2 Å². The molecule has 5 heteroatoms. The molecule has 1 aliphatic rings. The number of benzene rings is 2. The van der Waals surface area contributed by atoms with E-state index < -0.39 is 0 Å². The fourth-order valence-electron chi connectivity index (χ4n) is 3.47. The fraction of sp³-hybridized carbons (Fsp3) is 0.364. The van der Waals surface area contributed by atoms with Crippen molar-refractivity contribution >= 4 is 17.5 Å². The molecule has 0 unspecified atom stereocenters. The molecular formula is C22H27N3O2. The van der Waals surface area contributed by atoms with Gasteiger partial charge in [-0.25, -0.2) is 0 Å². The van der Waals surface area contributed by atoms with E-state index in [1.165, 1.54) is 0 Å². The van der Waals surface area contributed by atoms with Crippen molar-refractivity contribution in [1.29, 1.82) is 0 Å². The molecule has 0 bridgehead atoms. The third-order valence-electron chi connectivity index (χ3n) is 4.94. The highest BCUT2D eigenvalue weighted by molar-refractivity contribution is 6.04. The number of hydrogen-bond donors (Lipinski definition) is 2. The normalized spacial score (nSPS) is 15.3. The van der Waals surface area contributed by atoms with Crippen molar-refractivity contribution in [3.8, 4) is 0 Å². The van der Waals surface area contributed by atoms with E-state index in [0.717, 1.165) is 43.7 Å². The van der Waals surface area contributed by atoms with E-state index in [1.54, 1.807) is 0 Å². The zero-order valence-electron chi connectivity index (χ0n) is 15.8. The van der Waals surface area contributed by atoms with Crippen LogP contribution in [0.1, 0.15) is 35.7 Å². The molecule has 1 fully saturated rings. The first-order valence-corrected chi connectivity index (χ1v) is 9.61. The van der Waals surface area contributed by atoms with E-state index in [2.05, 4.69) is 21.6 Å².